The van der Waals surface area contributed by atoms with Crippen molar-refractivity contribution in [2.24, 2.45) is 5.92 Å². The number of carbonyl (C=O) groups is 2. The van der Waals surface area contributed by atoms with Crippen LogP contribution < -0.4 is 5.32 Å². The molecule has 0 aliphatic heterocycles. The van der Waals surface area contributed by atoms with E-state index in [1.165, 1.54) is 0 Å². The van der Waals surface area contributed by atoms with Gasteiger partial charge in [0, 0.05) is 18.9 Å². The topological polar surface area (TPSA) is 66.4 Å². The first-order valence-electron chi connectivity index (χ1n) is 5.09. The van der Waals surface area contributed by atoms with Crippen LogP contribution in [0.4, 0.5) is 0 Å². The second-order valence-corrected chi connectivity index (χ2v) is 3.82. The highest BCUT2D eigenvalue weighted by atomic mass is 16.4. The van der Waals surface area contributed by atoms with Crippen LogP contribution >= 0.6 is 0 Å². The van der Waals surface area contributed by atoms with Crippen LogP contribution in [0, 0.1) is 18.3 Å². The Morgan fingerprint density at radius 3 is 2.73 bits per heavy atom. The van der Waals surface area contributed by atoms with Gasteiger partial charge in [-0.2, -0.15) is 0 Å². The predicted octanol–water partition coefficient (Wildman–Crippen LogP) is 0.769. The zero-order valence-electron chi connectivity index (χ0n) is 8.53. The van der Waals surface area contributed by atoms with Crippen molar-refractivity contribution < 1.29 is 14.7 Å². The molecule has 82 valence electrons. The van der Waals surface area contributed by atoms with Gasteiger partial charge >= 0.3 is 5.97 Å². The lowest BCUT2D eigenvalue weighted by Crippen LogP contribution is -2.33. The highest BCUT2D eigenvalue weighted by Gasteiger charge is 2.30. The monoisotopic (exact) mass is 209 g/mol. The molecule has 2 atom stereocenters. The van der Waals surface area contributed by atoms with Crippen LogP contribution in [-0.4, -0.2) is 23.0 Å². The van der Waals surface area contributed by atoms with Gasteiger partial charge in [-0.15, -0.1) is 12.3 Å². The first kappa shape index (κ1) is 11.6. The van der Waals surface area contributed by atoms with Crippen LogP contribution in [0.3, 0.4) is 0 Å². The maximum atomic E-state index is 11.3. The van der Waals surface area contributed by atoms with Gasteiger partial charge in [-0.25, -0.2) is 0 Å². The lowest BCUT2D eigenvalue weighted by molar-refractivity contribution is -0.141. The Hall–Kier alpha value is -1.50. The molecular formula is C11H15NO3. The van der Waals surface area contributed by atoms with Crippen LogP contribution in [0.2, 0.25) is 0 Å². The lowest BCUT2D eigenvalue weighted by atomic mass is 10.1. The number of aliphatic carboxylic acids is 1. The number of rotatable bonds is 4. The van der Waals surface area contributed by atoms with E-state index in [4.69, 9.17) is 11.5 Å². The molecule has 0 spiro atoms. The Morgan fingerprint density at radius 2 is 2.20 bits per heavy atom. The van der Waals surface area contributed by atoms with Crippen molar-refractivity contribution in [1.82, 2.24) is 5.32 Å². The van der Waals surface area contributed by atoms with Gasteiger partial charge in [0.1, 0.15) is 0 Å². The largest absolute Gasteiger partial charge is 0.481 e. The first-order valence-corrected chi connectivity index (χ1v) is 5.09. The van der Waals surface area contributed by atoms with E-state index in [1.807, 2.05) is 0 Å². The highest BCUT2D eigenvalue weighted by molar-refractivity contribution is 5.77. The Labute approximate surface area is 89.0 Å². The van der Waals surface area contributed by atoms with E-state index in [2.05, 4.69) is 11.2 Å². The summed E-state index contributed by atoms with van der Waals surface area (Å²) >= 11 is 0. The van der Waals surface area contributed by atoms with Gasteiger partial charge in [0.25, 0.3) is 0 Å². The predicted molar refractivity (Wildman–Crippen MR) is 55.0 cm³/mol. The number of terminal acetylenes is 1. The van der Waals surface area contributed by atoms with E-state index in [0.29, 0.717) is 25.7 Å². The smallest absolute Gasteiger partial charge is 0.306 e. The molecule has 0 aromatic heterocycles. The van der Waals surface area contributed by atoms with Gasteiger partial charge in [0.2, 0.25) is 5.91 Å². The molecule has 1 aliphatic carbocycles. The minimum atomic E-state index is -0.768. The van der Waals surface area contributed by atoms with Crippen molar-refractivity contribution in [3.63, 3.8) is 0 Å². The average Bonchev–Trinajstić information content (AvgIpc) is 2.63. The fraction of sp³-hybridized carbons (Fsp3) is 0.636. The van der Waals surface area contributed by atoms with Gasteiger partial charge < -0.3 is 10.4 Å². The summed E-state index contributed by atoms with van der Waals surface area (Å²) in [6.07, 6.45) is 7.73. The molecule has 1 amide bonds. The molecule has 0 bridgehead atoms. The van der Waals surface area contributed by atoms with E-state index in [1.54, 1.807) is 0 Å². The van der Waals surface area contributed by atoms with Crippen LogP contribution in [0.25, 0.3) is 0 Å². The second kappa shape index (κ2) is 5.40. The summed E-state index contributed by atoms with van der Waals surface area (Å²) in [5, 5.41) is 11.6. The summed E-state index contributed by atoms with van der Waals surface area (Å²) in [7, 11) is 0. The molecule has 0 unspecified atom stereocenters. The fourth-order valence-electron chi connectivity index (χ4n) is 1.82. The summed E-state index contributed by atoms with van der Waals surface area (Å²) in [4.78, 5) is 21.9. The molecular weight excluding hydrogens is 194 g/mol. The van der Waals surface area contributed by atoms with Gasteiger partial charge in [-0.1, -0.05) is 0 Å². The van der Waals surface area contributed by atoms with E-state index in [-0.39, 0.29) is 17.9 Å². The minimum Gasteiger partial charge on any atom is -0.481 e. The number of carboxylic acids is 1. The Morgan fingerprint density at radius 1 is 1.47 bits per heavy atom. The minimum absolute atomic E-state index is 0.0105. The van der Waals surface area contributed by atoms with Crippen LogP contribution in [0.15, 0.2) is 0 Å². The fourth-order valence-corrected chi connectivity index (χ4v) is 1.82. The molecule has 0 radical (unpaired) electrons. The quantitative estimate of drug-likeness (QED) is 0.672. The van der Waals surface area contributed by atoms with E-state index < -0.39 is 5.97 Å². The number of hydrogen-bond acceptors (Lipinski definition) is 2. The van der Waals surface area contributed by atoms with Crippen LogP contribution in [0.5, 0.6) is 0 Å². The number of carbonyl (C=O) groups excluding carboxylic acids is 1. The normalized spacial score (nSPS) is 24.5. The lowest BCUT2D eigenvalue weighted by Gasteiger charge is -2.11. The van der Waals surface area contributed by atoms with Crippen LogP contribution in [-0.2, 0) is 9.59 Å². The SMILES string of the molecule is C#CCCC(=O)N[C@H]1CC[C@@H](C(=O)O)C1. The second-order valence-electron chi connectivity index (χ2n) is 3.82. The zero-order valence-corrected chi connectivity index (χ0v) is 8.53. The maximum Gasteiger partial charge on any atom is 0.306 e. The average molecular weight is 209 g/mol. The third-order valence-electron chi connectivity index (χ3n) is 2.64. The van der Waals surface area contributed by atoms with Gasteiger partial charge in [-0.3, -0.25) is 9.59 Å². The summed E-state index contributed by atoms with van der Waals surface area (Å²) in [6.45, 7) is 0. The molecule has 4 heteroatoms. The molecule has 4 nitrogen and oxygen atoms in total. The van der Waals surface area contributed by atoms with E-state index in [9.17, 15) is 9.59 Å². The summed E-state index contributed by atoms with van der Waals surface area (Å²) in [6, 6.07) is 0.0105. The molecule has 0 saturated heterocycles. The van der Waals surface area contributed by atoms with Crippen molar-refractivity contribution in [2.75, 3.05) is 0 Å². The number of amides is 1. The summed E-state index contributed by atoms with van der Waals surface area (Å²) in [5.41, 5.74) is 0. The molecule has 0 heterocycles. The van der Waals surface area contributed by atoms with Crippen molar-refractivity contribution >= 4 is 11.9 Å². The molecule has 0 aromatic rings. The standard InChI is InChI=1S/C11H15NO3/c1-2-3-4-10(13)12-9-6-5-8(7-9)11(14)15/h1,8-9H,3-7H2,(H,12,13)(H,14,15)/t8-,9+/m1/s1. The van der Waals surface area contributed by atoms with Crippen molar-refractivity contribution in [2.45, 2.75) is 38.1 Å². The van der Waals surface area contributed by atoms with Crippen molar-refractivity contribution in [3.05, 3.63) is 0 Å². The number of hydrogen-bond donors (Lipinski definition) is 2. The molecule has 0 aromatic carbocycles. The maximum absolute atomic E-state index is 11.3. The Balaban J connectivity index is 2.27. The Kier molecular flexibility index (Phi) is 4.17. The van der Waals surface area contributed by atoms with Gasteiger partial charge in [0.05, 0.1) is 5.92 Å². The van der Waals surface area contributed by atoms with Gasteiger partial charge in [0.15, 0.2) is 0 Å². The highest BCUT2D eigenvalue weighted by Crippen LogP contribution is 2.25. The zero-order chi connectivity index (χ0) is 11.3. The first-order chi connectivity index (χ1) is 7.13. The Bertz CT molecular complexity index is 293. The third kappa shape index (κ3) is 3.62. The third-order valence-corrected chi connectivity index (χ3v) is 2.64. The molecule has 15 heavy (non-hydrogen) atoms. The molecule has 2 N–H and O–H groups in total. The molecule has 1 saturated carbocycles. The molecule has 1 rings (SSSR count). The van der Waals surface area contributed by atoms with Crippen molar-refractivity contribution in [1.29, 1.82) is 0 Å². The molecule has 1 fully saturated rings. The van der Waals surface area contributed by atoms with Crippen LogP contribution in [0.1, 0.15) is 32.1 Å². The van der Waals surface area contributed by atoms with E-state index >= 15 is 0 Å². The molecule has 1 aliphatic rings. The van der Waals surface area contributed by atoms with E-state index in [0.717, 1.165) is 6.42 Å². The van der Waals surface area contributed by atoms with Gasteiger partial charge in [-0.05, 0) is 19.3 Å². The summed E-state index contributed by atoms with van der Waals surface area (Å²) in [5.74, 6) is 1.24. The summed E-state index contributed by atoms with van der Waals surface area (Å²) < 4.78 is 0. The van der Waals surface area contributed by atoms with Crippen molar-refractivity contribution in [3.8, 4) is 12.3 Å². The number of carboxylic acid groups (broad SMARTS) is 1. The number of nitrogens with one attached hydrogen (secondary N) is 1.